The Labute approximate surface area is 98.8 Å². The molecule has 0 spiro atoms. The third-order valence-electron chi connectivity index (χ3n) is 2.38. The van der Waals surface area contributed by atoms with Gasteiger partial charge >= 0.3 is 0 Å². The molecule has 2 aromatic rings. The highest BCUT2D eigenvalue weighted by molar-refractivity contribution is 7.09. The average molecular weight is 237 g/mol. The number of furan rings is 1. The highest BCUT2D eigenvalue weighted by Gasteiger charge is 2.09. The topological polar surface area (TPSA) is 46.3 Å². The van der Waals surface area contributed by atoms with Crippen molar-refractivity contribution in [2.45, 2.75) is 32.3 Å². The summed E-state index contributed by atoms with van der Waals surface area (Å²) in [5, 5.41) is 12.8. The van der Waals surface area contributed by atoms with E-state index in [9.17, 15) is 5.11 Å². The van der Waals surface area contributed by atoms with E-state index in [2.05, 4.69) is 4.98 Å². The molecule has 0 aliphatic carbocycles. The quantitative estimate of drug-likeness (QED) is 0.869. The van der Waals surface area contributed by atoms with E-state index in [4.69, 9.17) is 4.42 Å². The van der Waals surface area contributed by atoms with Crippen LogP contribution in [0.2, 0.25) is 0 Å². The monoisotopic (exact) mass is 237 g/mol. The molecule has 0 saturated heterocycles. The molecule has 0 bridgehead atoms. The van der Waals surface area contributed by atoms with Gasteiger partial charge in [0.25, 0.3) is 0 Å². The molecule has 0 aliphatic rings. The number of thiazole rings is 1. The summed E-state index contributed by atoms with van der Waals surface area (Å²) >= 11 is 1.61. The van der Waals surface area contributed by atoms with E-state index in [1.54, 1.807) is 17.6 Å². The van der Waals surface area contributed by atoms with E-state index in [0.717, 1.165) is 22.9 Å². The second-order valence-electron chi connectivity index (χ2n) is 3.86. The van der Waals surface area contributed by atoms with E-state index < -0.39 is 0 Å². The van der Waals surface area contributed by atoms with E-state index in [0.29, 0.717) is 12.8 Å². The van der Waals surface area contributed by atoms with Gasteiger partial charge in [-0.1, -0.05) is 0 Å². The highest BCUT2D eigenvalue weighted by atomic mass is 32.1. The molecule has 86 valence electrons. The lowest BCUT2D eigenvalue weighted by Gasteiger charge is -2.06. The molecule has 4 heteroatoms. The summed E-state index contributed by atoms with van der Waals surface area (Å²) in [7, 11) is 0. The van der Waals surface area contributed by atoms with Crippen LogP contribution < -0.4 is 0 Å². The fraction of sp³-hybridized carbons (Fsp3) is 0.417. The number of aryl methyl sites for hydroxylation is 2. The van der Waals surface area contributed by atoms with Crippen LogP contribution in [0.4, 0.5) is 0 Å². The number of hydrogen-bond acceptors (Lipinski definition) is 4. The predicted octanol–water partition coefficient (Wildman–Crippen LogP) is 2.58. The average Bonchev–Trinajstić information content (AvgIpc) is 2.87. The van der Waals surface area contributed by atoms with Gasteiger partial charge < -0.3 is 9.52 Å². The Bertz CT molecular complexity index is 422. The van der Waals surface area contributed by atoms with Crippen molar-refractivity contribution in [3.8, 4) is 0 Å². The van der Waals surface area contributed by atoms with Crippen molar-refractivity contribution >= 4 is 11.3 Å². The minimum Gasteiger partial charge on any atom is -0.469 e. The third-order valence-corrected chi connectivity index (χ3v) is 3.37. The summed E-state index contributed by atoms with van der Waals surface area (Å²) in [6, 6.07) is 3.80. The van der Waals surface area contributed by atoms with Crippen molar-refractivity contribution in [1.29, 1.82) is 0 Å². The van der Waals surface area contributed by atoms with Gasteiger partial charge in [-0.25, -0.2) is 4.98 Å². The molecule has 2 aromatic heterocycles. The van der Waals surface area contributed by atoms with Gasteiger partial charge in [-0.3, -0.25) is 0 Å². The first-order valence-corrected chi connectivity index (χ1v) is 6.23. The van der Waals surface area contributed by atoms with Crippen LogP contribution in [0.3, 0.4) is 0 Å². The van der Waals surface area contributed by atoms with Gasteiger partial charge in [0, 0.05) is 23.9 Å². The molecule has 0 radical (unpaired) electrons. The molecular formula is C12H15NO2S. The maximum Gasteiger partial charge on any atom is 0.103 e. The van der Waals surface area contributed by atoms with Gasteiger partial charge in [0.2, 0.25) is 0 Å². The second kappa shape index (κ2) is 5.27. The molecule has 2 heterocycles. The number of aromatic nitrogens is 1. The normalized spacial score (nSPS) is 12.9. The van der Waals surface area contributed by atoms with Gasteiger partial charge in [-0.05, 0) is 25.5 Å². The number of nitrogens with zero attached hydrogens (tertiary/aromatic N) is 1. The van der Waals surface area contributed by atoms with E-state index >= 15 is 0 Å². The minimum absolute atomic E-state index is 0.337. The Balaban J connectivity index is 1.78. The van der Waals surface area contributed by atoms with Crippen LogP contribution in [-0.2, 0) is 12.8 Å². The molecule has 0 saturated carbocycles. The molecular weight excluding hydrogens is 222 g/mol. The standard InChI is InChI=1S/C12H15NO2S/c1-9-8-16-12(13-9)7-10(14)4-5-11-3-2-6-15-11/h2-3,6,8,10,14H,4-5,7H2,1H3. The van der Waals surface area contributed by atoms with Gasteiger partial charge in [-0.2, -0.15) is 0 Å². The molecule has 1 unspecified atom stereocenters. The first-order chi connectivity index (χ1) is 7.74. The Kier molecular flexibility index (Phi) is 3.74. The molecule has 0 aliphatic heterocycles. The fourth-order valence-electron chi connectivity index (χ4n) is 1.56. The zero-order chi connectivity index (χ0) is 11.4. The van der Waals surface area contributed by atoms with Crippen molar-refractivity contribution in [3.63, 3.8) is 0 Å². The fourth-order valence-corrected chi connectivity index (χ4v) is 2.41. The van der Waals surface area contributed by atoms with Gasteiger partial charge in [0.05, 0.1) is 17.4 Å². The van der Waals surface area contributed by atoms with Crippen molar-refractivity contribution in [2.24, 2.45) is 0 Å². The second-order valence-corrected chi connectivity index (χ2v) is 4.80. The lowest BCUT2D eigenvalue weighted by atomic mass is 10.1. The summed E-state index contributed by atoms with van der Waals surface area (Å²) in [5.41, 5.74) is 1.03. The molecule has 1 N–H and O–H groups in total. The Morgan fingerprint density at radius 2 is 2.44 bits per heavy atom. The summed E-state index contributed by atoms with van der Waals surface area (Å²) in [5.74, 6) is 0.925. The number of aliphatic hydroxyl groups is 1. The molecule has 0 fully saturated rings. The van der Waals surface area contributed by atoms with E-state index in [-0.39, 0.29) is 6.10 Å². The van der Waals surface area contributed by atoms with Crippen LogP contribution in [0.5, 0.6) is 0 Å². The molecule has 0 amide bonds. The van der Waals surface area contributed by atoms with Crippen LogP contribution in [0.15, 0.2) is 28.2 Å². The highest BCUT2D eigenvalue weighted by Crippen LogP contribution is 2.14. The Morgan fingerprint density at radius 3 is 3.06 bits per heavy atom. The van der Waals surface area contributed by atoms with Crippen molar-refractivity contribution in [3.05, 3.63) is 40.2 Å². The third kappa shape index (κ3) is 3.18. The Hall–Kier alpha value is -1.13. The van der Waals surface area contributed by atoms with Crippen LogP contribution >= 0.6 is 11.3 Å². The van der Waals surface area contributed by atoms with Crippen molar-refractivity contribution < 1.29 is 9.52 Å². The molecule has 0 aromatic carbocycles. The smallest absolute Gasteiger partial charge is 0.103 e. The summed E-state index contributed by atoms with van der Waals surface area (Å²) < 4.78 is 5.21. The maximum absolute atomic E-state index is 9.84. The van der Waals surface area contributed by atoms with E-state index in [1.165, 1.54) is 0 Å². The van der Waals surface area contributed by atoms with Crippen LogP contribution in [0, 0.1) is 6.92 Å². The molecule has 3 nitrogen and oxygen atoms in total. The first kappa shape index (κ1) is 11.4. The Morgan fingerprint density at radius 1 is 1.56 bits per heavy atom. The van der Waals surface area contributed by atoms with E-state index in [1.807, 2.05) is 24.4 Å². The molecule has 1 atom stereocenters. The molecule has 2 rings (SSSR count). The SMILES string of the molecule is Cc1csc(CC(O)CCc2ccco2)n1. The van der Waals surface area contributed by atoms with Crippen LogP contribution in [0.25, 0.3) is 0 Å². The number of aliphatic hydroxyl groups excluding tert-OH is 1. The number of hydrogen-bond donors (Lipinski definition) is 1. The van der Waals surface area contributed by atoms with Crippen molar-refractivity contribution in [1.82, 2.24) is 4.98 Å². The minimum atomic E-state index is -0.337. The van der Waals surface area contributed by atoms with Gasteiger partial charge in [-0.15, -0.1) is 11.3 Å². The zero-order valence-corrected chi connectivity index (χ0v) is 10.0. The first-order valence-electron chi connectivity index (χ1n) is 5.35. The van der Waals surface area contributed by atoms with Crippen LogP contribution in [-0.4, -0.2) is 16.2 Å². The predicted molar refractivity (Wildman–Crippen MR) is 63.6 cm³/mol. The largest absolute Gasteiger partial charge is 0.469 e. The van der Waals surface area contributed by atoms with Gasteiger partial charge in [0.1, 0.15) is 5.76 Å². The van der Waals surface area contributed by atoms with Gasteiger partial charge in [0.15, 0.2) is 0 Å². The lowest BCUT2D eigenvalue weighted by Crippen LogP contribution is -2.11. The molecule has 16 heavy (non-hydrogen) atoms. The van der Waals surface area contributed by atoms with Crippen LogP contribution in [0.1, 0.15) is 22.9 Å². The number of rotatable bonds is 5. The maximum atomic E-state index is 9.84. The van der Waals surface area contributed by atoms with Crippen molar-refractivity contribution in [2.75, 3.05) is 0 Å². The summed E-state index contributed by atoms with van der Waals surface area (Å²) in [6.07, 6.45) is 3.45. The zero-order valence-electron chi connectivity index (χ0n) is 9.22. The summed E-state index contributed by atoms with van der Waals surface area (Å²) in [4.78, 5) is 4.33. The summed E-state index contributed by atoms with van der Waals surface area (Å²) in [6.45, 7) is 1.97. The lowest BCUT2D eigenvalue weighted by molar-refractivity contribution is 0.163.